The molecule has 48 valence electrons. The van der Waals surface area contributed by atoms with Crippen molar-refractivity contribution < 1.29 is 115 Å². The van der Waals surface area contributed by atoms with Gasteiger partial charge in [0, 0.05) is 0 Å². The SMILES string of the molecule is N#CSSOC(N)=O.[H-].[H-].[K+].[K+]. The van der Waals surface area contributed by atoms with Crippen molar-refractivity contribution in [3.8, 4) is 5.40 Å². The molecule has 0 aliphatic heterocycles. The molecule has 0 saturated heterocycles. The van der Waals surface area contributed by atoms with Crippen LogP contribution in [0, 0.1) is 10.7 Å². The van der Waals surface area contributed by atoms with Gasteiger partial charge in [0.05, 0.1) is 10.8 Å². The molecule has 0 aromatic rings. The second-order valence-electron chi connectivity index (χ2n) is 0.645. The molecule has 0 heterocycles. The molecule has 0 rings (SSSR count). The Labute approximate surface area is 155 Å². The van der Waals surface area contributed by atoms with Crippen LogP contribution in [0.2, 0.25) is 0 Å². The molecule has 0 aromatic carbocycles. The van der Waals surface area contributed by atoms with Gasteiger partial charge in [-0.25, -0.2) is 4.79 Å². The van der Waals surface area contributed by atoms with E-state index in [2.05, 4.69) is 9.92 Å². The van der Waals surface area contributed by atoms with Crippen molar-refractivity contribution in [1.29, 1.82) is 5.26 Å². The Morgan fingerprint density at radius 3 is 2.50 bits per heavy atom. The standard InChI is InChI=1S/C2H2N2O2S2.2K.2H/c3-1-7-8-6-2(4)5;;;;/h(H2,4,5);;;;/q;2*+1;2*-1. The van der Waals surface area contributed by atoms with E-state index < -0.39 is 6.09 Å². The number of carbonyl (C=O) groups is 1. The molecule has 0 aromatic heterocycles. The predicted molar refractivity (Wildman–Crippen MR) is 33.7 cm³/mol. The zero-order valence-electron chi connectivity index (χ0n) is 7.66. The van der Waals surface area contributed by atoms with E-state index in [9.17, 15) is 4.79 Å². The van der Waals surface area contributed by atoms with Crippen LogP contribution in [0.3, 0.4) is 0 Å². The Kier molecular flexibility index (Phi) is 26.4. The quantitative estimate of drug-likeness (QED) is 0.169. The van der Waals surface area contributed by atoms with Gasteiger partial charge in [0.15, 0.2) is 0 Å². The van der Waals surface area contributed by atoms with Crippen LogP contribution >= 0.6 is 21.9 Å². The Bertz CT molecular complexity index is 135. The Balaban J connectivity index is -0.0000000408. The molecule has 0 spiro atoms. The summed E-state index contributed by atoms with van der Waals surface area (Å²) >= 11 is 0.642. The molecular weight excluding hydrogens is 226 g/mol. The van der Waals surface area contributed by atoms with Gasteiger partial charge in [-0.05, 0) is 0 Å². The Morgan fingerprint density at radius 2 is 2.20 bits per heavy atom. The van der Waals surface area contributed by atoms with Gasteiger partial charge < -0.3 is 12.8 Å². The first kappa shape index (κ1) is 18.5. The molecule has 0 bridgehead atoms. The maximum absolute atomic E-state index is 9.73. The van der Waals surface area contributed by atoms with E-state index in [0.717, 1.165) is 10.8 Å². The summed E-state index contributed by atoms with van der Waals surface area (Å²) in [6.45, 7) is 0. The van der Waals surface area contributed by atoms with Gasteiger partial charge in [-0.1, -0.05) is 0 Å². The van der Waals surface area contributed by atoms with Crippen LogP contribution in [-0.4, -0.2) is 6.09 Å². The average molecular weight is 230 g/mol. The van der Waals surface area contributed by atoms with Crippen LogP contribution in [-0.2, 0) is 4.18 Å². The number of nitrogens with zero attached hydrogens (tertiary/aromatic N) is 1. The number of carbonyl (C=O) groups excluding carboxylic acids is 1. The first-order valence-corrected chi connectivity index (χ1v) is 3.53. The van der Waals surface area contributed by atoms with E-state index >= 15 is 0 Å². The molecule has 0 radical (unpaired) electrons. The van der Waals surface area contributed by atoms with Crippen LogP contribution in [0.1, 0.15) is 2.85 Å². The third-order valence-corrected chi connectivity index (χ3v) is 1.19. The van der Waals surface area contributed by atoms with E-state index in [1.165, 1.54) is 0 Å². The Morgan fingerprint density at radius 1 is 1.70 bits per heavy atom. The van der Waals surface area contributed by atoms with Crippen LogP contribution in [0.25, 0.3) is 0 Å². The van der Waals surface area contributed by atoms with E-state index in [1.54, 1.807) is 5.40 Å². The van der Waals surface area contributed by atoms with Crippen LogP contribution < -0.4 is 109 Å². The minimum atomic E-state index is -0.891. The molecule has 10 heavy (non-hydrogen) atoms. The van der Waals surface area contributed by atoms with E-state index in [4.69, 9.17) is 5.26 Å². The zero-order valence-corrected chi connectivity index (χ0v) is 13.5. The first-order valence-electron chi connectivity index (χ1n) is 1.46. The summed E-state index contributed by atoms with van der Waals surface area (Å²) in [6.07, 6.45) is -0.891. The minimum Gasteiger partial charge on any atom is -1.00 e. The number of nitriles is 1. The number of hydrogen-bond acceptors (Lipinski definition) is 5. The smallest absolute Gasteiger partial charge is 1.00 e. The summed E-state index contributed by atoms with van der Waals surface area (Å²) in [7, 11) is 0.736. The number of nitrogens with two attached hydrogens (primary N) is 1. The molecule has 0 aliphatic carbocycles. The topological polar surface area (TPSA) is 76.1 Å². The first-order chi connectivity index (χ1) is 3.77. The maximum atomic E-state index is 9.73. The van der Waals surface area contributed by atoms with Crippen LogP contribution in [0.15, 0.2) is 0 Å². The molecule has 1 amide bonds. The van der Waals surface area contributed by atoms with E-state index in [0.29, 0.717) is 11.1 Å². The fourth-order valence-electron chi connectivity index (χ4n) is 0.0658. The van der Waals surface area contributed by atoms with Crippen molar-refractivity contribution in [2.24, 2.45) is 5.73 Å². The monoisotopic (exact) mass is 230 g/mol. The molecule has 2 N–H and O–H groups in total. The third kappa shape index (κ3) is 17.0. The van der Waals surface area contributed by atoms with Crippen LogP contribution in [0.4, 0.5) is 4.79 Å². The van der Waals surface area contributed by atoms with Gasteiger partial charge in [0.2, 0.25) is 0 Å². The predicted octanol–water partition coefficient (Wildman–Crippen LogP) is -4.91. The second kappa shape index (κ2) is 14.3. The van der Waals surface area contributed by atoms with Gasteiger partial charge >= 0.3 is 109 Å². The van der Waals surface area contributed by atoms with Gasteiger partial charge in [-0.2, -0.15) is 5.26 Å². The largest absolute Gasteiger partial charge is 1.00 e. The molecule has 4 nitrogen and oxygen atoms in total. The maximum Gasteiger partial charge on any atom is 1.00 e. The van der Waals surface area contributed by atoms with Crippen molar-refractivity contribution in [3.63, 3.8) is 0 Å². The summed E-state index contributed by atoms with van der Waals surface area (Å²) in [5.74, 6) is 0. The average Bonchev–Trinajstić information content (AvgIpc) is 1.66. The zero-order chi connectivity index (χ0) is 6.41. The van der Waals surface area contributed by atoms with Crippen molar-refractivity contribution in [3.05, 3.63) is 0 Å². The normalized spacial score (nSPS) is 5.90. The number of hydrogen-bond donors (Lipinski definition) is 1. The molecule has 0 unspecified atom stereocenters. The van der Waals surface area contributed by atoms with Crippen molar-refractivity contribution in [2.45, 2.75) is 0 Å². The number of amides is 1. The van der Waals surface area contributed by atoms with Crippen LogP contribution in [0.5, 0.6) is 0 Å². The third-order valence-electron chi connectivity index (χ3n) is 0.187. The van der Waals surface area contributed by atoms with E-state index in [1.807, 2.05) is 0 Å². The summed E-state index contributed by atoms with van der Waals surface area (Å²) in [5, 5.41) is 9.51. The Hall–Kier alpha value is 2.73. The number of rotatable bonds is 2. The molecular formula is C2H4K2N2O2S2. The summed E-state index contributed by atoms with van der Waals surface area (Å²) in [6, 6.07) is 0. The fraction of sp³-hybridized carbons (Fsp3) is 0. The molecule has 8 heteroatoms. The van der Waals surface area contributed by atoms with Crippen molar-refractivity contribution in [2.75, 3.05) is 0 Å². The molecule has 0 saturated carbocycles. The number of primary amides is 1. The van der Waals surface area contributed by atoms with Gasteiger partial charge in [0.25, 0.3) is 0 Å². The van der Waals surface area contributed by atoms with Gasteiger partial charge in [-0.3, -0.25) is 0 Å². The van der Waals surface area contributed by atoms with Gasteiger partial charge in [0.1, 0.15) is 16.5 Å². The minimum absolute atomic E-state index is 0. The van der Waals surface area contributed by atoms with Crippen molar-refractivity contribution in [1.82, 2.24) is 0 Å². The van der Waals surface area contributed by atoms with Gasteiger partial charge in [-0.15, -0.1) is 0 Å². The van der Waals surface area contributed by atoms with Crippen molar-refractivity contribution >= 4 is 28.0 Å². The van der Waals surface area contributed by atoms with E-state index in [-0.39, 0.29) is 106 Å². The number of thiocyanates is 1. The molecule has 0 aliphatic rings. The summed E-state index contributed by atoms with van der Waals surface area (Å²) in [4.78, 5) is 9.73. The fourth-order valence-corrected chi connectivity index (χ4v) is 0.592. The summed E-state index contributed by atoms with van der Waals surface area (Å²) < 4.78 is 4.08. The molecule has 0 atom stereocenters. The summed E-state index contributed by atoms with van der Waals surface area (Å²) in [5.41, 5.74) is 4.53. The second-order valence-corrected chi connectivity index (χ2v) is 2.21. The molecule has 0 fully saturated rings.